The average Bonchev–Trinajstić information content (AvgIpc) is 2.68. The quantitative estimate of drug-likeness (QED) is 0.257. The average molecular weight is 396 g/mol. The summed E-state index contributed by atoms with van der Waals surface area (Å²) in [6.07, 6.45) is 1.14. The summed E-state index contributed by atoms with van der Waals surface area (Å²) in [4.78, 5) is 0. The van der Waals surface area contributed by atoms with Crippen LogP contribution in [-0.2, 0) is 9.47 Å². The molecule has 6 N–H and O–H groups in total. The van der Waals surface area contributed by atoms with Crippen LogP contribution in [0, 0.1) is 23.7 Å². The van der Waals surface area contributed by atoms with Gasteiger partial charge in [-0.1, -0.05) is 24.0 Å². The number of allylic oxidation sites excluding steroid dienone is 3. The Morgan fingerprint density at radius 1 is 0.929 bits per heavy atom. The molecule has 1 aliphatic heterocycles. The highest BCUT2D eigenvalue weighted by Crippen LogP contribution is 2.21. The van der Waals surface area contributed by atoms with Crippen molar-refractivity contribution in [1.29, 1.82) is 0 Å². The predicted molar refractivity (Wildman–Crippen MR) is 100 cm³/mol. The van der Waals surface area contributed by atoms with Crippen LogP contribution < -0.4 is 0 Å². The SMILES string of the molecule is OCCC(O)CC/C=C\C#CC#C/C=C\CO[C@@H]1O[C@H](CO)[C@@H](O)[C@H](O)[C@H]1O. The number of aliphatic hydroxyl groups excluding tert-OH is 6. The molecule has 1 saturated heterocycles. The molecule has 8 nitrogen and oxygen atoms in total. The first-order chi connectivity index (χ1) is 13.5. The molecule has 0 amide bonds. The van der Waals surface area contributed by atoms with E-state index in [0.717, 1.165) is 0 Å². The number of aliphatic hydroxyl groups is 6. The molecule has 0 aromatic carbocycles. The second-order valence-electron chi connectivity index (χ2n) is 6.12. The van der Waals surface area contributed by atoms with Crippen molar-refractivity contribution in [3.05, 3.63) is 24.3 Å². The van der Waals surface area contributed by atoms with Crippen molar-refractivity contribution in [3.63, 3.8) is 0 Å². The molecule has 0 radical (unpaired) electrons. The molecule has 1 rings (SSSR count). The van der Waals surface area contributed by atoms with Crippen LogP contribution in [0.2, 0.25) is 0 Å². The van der Waals surface area contributed by atoms with E-state index in [0.29, 0.717) is 19.3 Å². The molecule has 0 spiro atoms. The Bertz CT molecular complexity index is 607. The molecule has 156 valence electrons. The molecule has 0 aromatic heterocycles. The van der Waals surface area contributed by atoms with Gasteiger partial charge in [0.1, 0.15) is 24.4 Å². The van der Waals surface area contributed by atoms with E-state index in [1.165, 1.54) is 6.08 Å². The standard InChI is InChI=1S/C20H28O8/c21-12-11-15(23)10-8-6-4-2-1-3-5-7-9-13-27-20-19(26)18(25)17(24)16(14-22)28-20/h4,6-7,9,15-26H,8,10-14H2/b6-4-,9-7-/t15?,16-,17-,18+,19-,20-/m1/s1. The summed E-state index contributed by atoms with van der Waals surface area (Å²) in [5.74, 6) is 10.6. The molecule has 0 aliphatic carbocycles. The molecule has 1 aliphatic rings. The number of hydrogen-bond acceptors (Lipinski definition) is 8. The topological polar surface area (TPSA) is 140 Å². The Balaban J connectivity index is 2.27. The molecule has 6 atom stereocenters. The van der Waals surface area contributed by atoms with Crippen molar-refractivity contribution < 1.29 is 40.1 Å². The second-order valence-corrected chi connectivity index (χ2v) is 6.12. The van der Waals surface area contributed by atoms with Gasteiger partial charge in [-0.3, -0.25) is 0 Å². The van der Waals surface area contributed by atoms with E-state index in [2.05, 4.69) is 23.7 Å². The van der Waals surface area contributed by atoms with Gasteiger partial charge in [-0.25, -0.2) is 0 Å². The predicted octanol–water partition coefficient (Wildman–Crippen LogP) is -1.55. The van der Waals surface area contributed by atoms with Crippen LogP contribution >= 0.6 is 0 Å². The van der Waals surface area contributed by atoms with Gasteiger partial charge in [0, 0.05) is 6.61 Å². The lowest BCUT2D eigenvalue weighted by Crippen LogP contribution is -2.59. The number of hydrogen-bond donors (Lipinski definition) is 6. The minimum Gasteiger partial charge on any atom is -0.396 e. The van der Waals surface area contributed by atoms with Gasteiger partial charge in [0.2, 0.25) is 0 Å². The normalized spacial score (nSPS) is 28.6. The summed E-state index contributed by atoms with van der Waals surface area (Å²) in [6.45, 7) is -0.495. The molecule has 1 heterocycles. The fraction of sp³-hybridized carbons (Fsp3) is 0.600. The third-order valence-corrected chi connectivity index (χ3v) is 3.94. The first-order valence-corrected chi connectivity index (χ1v) is 9.03. The molecule has 28 heavy (non-hydrogen) atoms. The molecule has 0 saturated carbocycles. The zero-order chi connectivity index (χ0) is 20.8. The second kappa shape index (κ2) is 14.3. The Labute approximate surface area is 164 Å². The van der Waals surface area contributed by atoms with Crippen molar-refractivity contribution in [3.8, 4) is 23.7 Å². The van der Waals surface area contributed by atoms with Gasteiger partial charge >= 0.3 is 0 Å². The summed E-state index contributed by atoms with van der Waals surface area (Å²) >= 11 is 0. The van der Waals surface area contributed by atoms with Gasteiger partial charge in [-0.05, 0) is 43.3 Å². The summed E-state index contributed by atoms with van der Waals surface area (Å²) in [5, 5.41) is 56.3. The monoisotopic (exact) mass is 396 g/mol. The van der Waals surface area contributed by atoms with E-state index in [1.54, 1.807) is 12.2 Å². The van der Waals surface area contributed by atoms with Crippen molar-refractivity contribution in [2.24, 2.45) is 0 Å². The van der Waals surface area contributed by atoms with Crippen LogP contribution in [0.25, 0.3) is 0 Å². The maximum absolute atomic E-state index is 9.80. The van der Waals surface area contributed by atoms with Gasteiger partial charge in [0.25, 0.3) is 0 Å². The van der Waals surface area contributed by atoms with E-state index in [1.807, 2.05) is 6.08 Å². The first kappa shape index (κ1) is 24.3. The molecule has 8 heteroatoms. The van der Waals surface area contributed by atoms with E-state index in [-0.39, 0.29) is 13.2 Å². The van der Waals surface area contributed by atoms with Crippen molar-refractivity contribution in [2.45, 2.75) is 56.1 Å². The molecule has 1 unspecified atom stereocenters. The number of rotatable bonds is 9. The molecular formula is C20H28O8. The van der Waals surface area contributed by atoms with Crippen LogP contribution in [0.3, 0.4) is 0 Å². The molecule has 0 aromatic rings. The lowest BCUT2D eigenvalue weighted by atomic mass is 9.99. The lowest BCUT2D eigenvalue weighted by molar-refractivity contribution is -0.298. The summed E-state index contributed by atoms with van der Waals surface area (Å²) in [7, 11) is 0. The van der Waals surface area contributed by atoms with E-state index in [9.17, 15) is 20.4 Å². The largest absolute Gasteiger partial charge is 0.396 e. The zero-order valence-electron chi connectivity index (χ0n) is 15.5. The fourth-order valence-electron chi connectivity index (χ4n) is 2.34. The minimum atomic E-state index is -1.47. The highest BCUT2D eigenvalue weighted by Gasteiger charge is 2.43. The Kier molecular flexibility index (Phi) is 12.4. The van der Waals surface area contributed by atoms with E-state index < -0.39 is 43.4 Å². The van der Waals surface area contributed by atoms with Gasteiger partial charge in [-0.2, -0.15) is 0 Å². The molecule has 0 bridgehead atoms. The molecular weight excluding hydrogens is 368 g/mol. The highest BCUT2D eigenvalue weighted by molar-refractivity contribution is 5.33. The Hall–Kier alpha value is -1.72. The van der Waals surface area contributed by atoms with Gasteiger partial charge < -0.3 is 40.1 Å². The number of ether oxygens (including phenoxy) is 2. The fourth-order valence-corrected chi connectivity index (χ4v) is 2.34. The maximum atomic E-state index is 9.80. The van der Waals surface area contributed by atoms with Crippen LogP contribution in [0.5, 0.6) is 0 Å². The van der Waals surface area contributed by atoms with Crippen LogP contribution in [0.1, 0.15) is 19.3 Å². The first-order valence-electron chi connectivity index (χ1n) is 9.03. The highest BCUT2D eigenvalue weighted by atomic mass is 16.7. The Morgan fingerprint density at radius 2 is 1.61 bits per heavy atom. The molecule has 1 fully saturated rings. The lowest BCUT2D eigenvalue weighted by Gasteiger charge is -2.39. The van der Waals surface area contributed by atoms with Crippen LogP contribution in [0.15, 0.2) is 24.3 Å². The minimum absolute atomic E-state index is 0.0264. The van der Waals surface area contributed by atoms with E-state index in [4.69, 9.17) is 19.7 Å². The van der Waals surface area contributed by atoms with Crippen LogP contribution in [-0.4, -0.2) is 87.3 Å². The van der Waals surface area contributed by atoms with Crippen molar-refractivity contribution in [1.82, 2.24) is 0 Å². The van der Waals surface area contributed by atoms with Crippen molar-refractivity contribution >= 4 is 0 Å². The van der Waals surface area contributed by atoms with Gasteiger partial charge in [-0.15, -0.1) is 0 Å². The van der Waals surface area contributed by atoms with Crippen molar-refractivity contribution in [2.75, 3.05) is 19.8 Å². The zero-order valence-corrected chi connectivity index (χ0v) is 15.5. The summed E-state index contributed by atoms with van der Waals surface area (Å²) in [5.41, 5.74) is 0. The van der Waals surface area contributed by atoms with Crippen LogP contribution in [0.4, 0.5) is 0 Å². The Morgan fingerprint density at radius 3 is 2.25 bits per heavy atom. The summed E-state index contributed by atoms with van der Waals surface area (Å²) < 4.78 is 10.5. The van der Waals surface area contributed by atoms with Gasteiger partial charge in [0.05, 0.1) is 19.3 Å². The van der Waals surface area contributed by atoms with Gasteiger partial charge in [0.15, 0.2) is 6.29 Å². The third kappa shape index (κ3) is 8.98. The smallest absolute Gasteiger partial charge is 0.187 e. The summed E-state index contributed by atoms with van der Waals surface area (Å²) in [6, 6.07) is 0. The maximum Gasteiger partial charge on any atom is 0.187 e. The van der Waals surface area contributed by atoms with E-state index >= 15 is 0 Å². The third-order valence-electron chi connectivity index (χ3n) is 3.94.